The maximum absolute atomic E-state index is 14.2. The van der Waals surface area contributed by atoms with E-state index in [-0.39, 0.29) is 17.1 Å². The van der Waals surface area contributed by atoms with Gasteiger partial charge in [-0.05, 0) is 29.8 Å². The molecule has 0 aliphatic carbocycles. The number of halogens is 4. The van der Waals surface area contributed by atoms with Gasteiger partial charge in [-0.1, -0.05) is 30.3 Å². The molecule has 1 atom stereocenters. The van der Waals surface area contributed by atoms with Crippen molar-refractivity contribution < 1.29 is 31.1 Å². The first-order valence-corrected chi connectivity index (χ1v) is 9.18. The quantitative estimate of drug-likeness (QED) is 0.465. The van der Waals surface area contributed by atoms with E-state index in [1.807, 2.05) is 0 Å². The zero-order valence-corrected chi connectivity index (χ0v) is 14.9. The van der Waals surface area contributed by atoms with Crippen LogP contribution in [-0.4, -0.2) is 20.1 Å². The molecule has 0 fully saturated rings. The smallest absolute Gasteiger partial charge is 0.406 e. The standard InChI is InChI=1S/C19H13F4NO3S/c20-17-10-13(3-4-14(17)11-28(25)26)18-16(2-1-9-24-18)12-5-7-15(8-6-12)27-19(21,22)23/h1-10H,11H2,(H,25,26). The van der Waals surface area contributed by atoms with Crippen molar-refractivity contribution >= 4 is 11.1 Å². The Bertz CT molecular complexity index is 1010. The summed E-state index contributed by atoms with van der Waals surface area (Å²) in [4.78, 5) is 4.25. The van der Waals surface area contributed by atoms with Gasteiger partial charge < -0.3 is 9.29 Å². The van der Waals surface area contributed by atoms with Crippen LogP contribution in [0, 0.1) is 5.82 Å². The average molecular weight is 411 g/mol. The van der Waals surface area contributed by atoms with E-state index in [0.717, 1.165) is 0 Å². The lowest BCUT2D eigenvalue weighted by Gasteiger charge is -2.12. The zero-order chi connectivity index (χ0) is 20.3. The number of pyridine rings is 1. The molecule has 4 nitrogen and oxygen atoms in total. The normalized spacial score (nSPS) is 12.6. The monoisotopic (exact) mass is 411 g/mol. The molecule has 146 valence electrons. The summed E-state index contributed by atoms with van der Waals surface area (Å²) < 4.78 is 74.8. The maximum atomic E-state index is 14.2. The number of alkyl halides is 3. The highest BCUT2D eigenvalue weighted by Gasteiger charge is 2.31. The molecule has 1 N–H and O–H groups in total. The van der Waals surface area contributed by atoms with Crippen LogP contribution in [0.25, 0.3) is 22.4 Å². The van der Waals surface area contributed by atoms with E-state index in [1.165, 1.54) is 42.6 Å². The Morgan fingerprint density at radius 3 is 2.32 bits per heavy atom. The molecular formula is C19H13F4NO3S. The van der Waals surface area contributed by atoms with Gasteiger partial charge in [-0.3, -0.25) is 4.98 Å². The van der Waals surface area contributed by atoms with Crippen molar-refractivity contribution in [3.05, 3.63) is 72.2 Å². The van der Waals surface area contributed by atoms with Crippen LogP contribution in [0.5, 0.6) is 5.75 Å². The Balaban J connectivity index is 1.96. The molecule has 3 rings (SSSR count). The predicted octanol–water partition coefficient (Wildman–Crippen LogP) is 5.18. The predicted molar refractivity (Wildman–Crippen MR) is 96.2 cm³/mol. The van der Waals surface area contributed by atoms with Crippen molar-refractivity contribution in [1.29, 1.82) is 0 Å². The van der Waals surface area contributed by atoms with Crippen LogP contribution in [0.1, 0.15) is 5.56 Å². The van der Waals surface area contributed by atoms with Crippen molar-refractivity contribution in [3.63, 3.8) is 0 Å². The lowest BCUT2D eigenvalue weighted by molar-refractivity contribution is -0.274. The summed E-state index contributed by atoms with van der Waals surface area (Å²) in [5, 5.41) is 0. The van der Waals surface area contributed by atoms with Gasteiger partial charge in [0, 0.05) is 22.9 Å². The van der Waals surface area contributed by atoms with Gasteiger partial charge in [0.2, 0.25) is 0 Å². The molecule has 0 aliphatic heterocycles. The molecule has 1 heterocycles. The summed E-state index contributed by atoms with van der Waals surface area (Å²) in [6.45, 7) is 0. The third-order valence-corrected chi connectivity index (χ3v) is 4.37. The largest absolute Gasteiger partial charge is 0.573 e. The minimum Gasteiger partial charge on any atom is -0.406 e. The maximum Gasteiger partial charge on any atom is 0.573 e. The minimum atomic E-state index is -4.78. The molecule has 9 heteroatoms. The first-order valence-electron chi connectivity index (χ1n) is 7.90. The first-order chi connectivity index (χ1) is 13.2. The summed E-state index contributed by atoms with van der Waals surface area (Å²) in [6, 6.07) is 12.8. The zero-order valence-electron chi connectivity index (χ0n) is 14.1. The van der Waals surface area contributed by atoms with Gasteiger partial charge in [0.1, 0.15) is 11.6 Å². The lowest BCUT2D eigenvalue weighted by Crippen LogP contribution is -2.16. The van der Waals surface area contributed by atoms with Gasteiger partial charge in [-0.25, -0.2) is 8.60 Å². The van der Waals surface area contributed by atoms with E-state index in [0.29, 0.717) is 22.4 Å². The average Bonchev–Trinajstić information content (AvgIpc) is 2.62. The number of ether oxygens (including phenoxy) is 1. The number of rotatable bonds is 5. The molecule has 0 aliphatic rings. The summed E-state index contributed by atoms with van der Waals surface area (Å²) in [6.07, 6.45) is -3.27. The van der Waals surface area contributed by atoms with Crippen LogP contribution in [0.2, 0.25) is 0 Å². The molecule has 1 unspecified atom stereocenters. The fourth-order valence-electron chi connectivity index (χ4n) is 2.65. The highest BCUT2D eigenvalue weighted by atomic mass is 32.2. The second-order valence-corrected chi connectivity index (χ2v) is 6.68. The number of hydrogen-bond donors (Lipinski definition) is 1. The SMILES string of the molecule is O=S(O)Cc1ccc(-c2ncccc2-c2ccc(OC(F)(F)F)cc2)cc1F. The van der Waals surface area contributed by atoms with Gasteiger partial charge in [0.05, 0.1) is 11.4 Å². The summed E-state index contributed by atoms with van der Waals surface area (Å²) in [5.41, 5.74) is 2.09. The molecule has 2 aromatic carbocycles. The van der Waals surface area contributed by atoms with Crippen LogP contribution < -0.4 is 4.74 Å². The van der Waals surface area contributed by atoms with E-state index in [1.54, 1.807) is 18.2 Å². The lowest BCUT2D eigenvalue weighted by atomic mass is 9.98. The highest BCUT2D eigenvalue weighted by Crippen LogP contribution is 2.33. The minimum absolute atomic E-state index is 0.0933. The summed E-state index contributed by atoms with van der Waals surface area (Å²) >= 11 is -2.17. The van der Waals surface area contributed by atoms with Crippen LogP contribution in [0.4, 0.5) is 17.6 Å². The fourth-order valence-corrected chi connectivity index (χ4v) is 3.15. The van der Waals surface area contributed by atoms with Crippen molar-refractivity contribution in [2.45, 2.75) is 12.1 Å². The topological polar surface area (TPSA) is 59.4 Å². The number of nitrogens with zero attached hydrogens (tertiary/aromatic N) is 1. The summed E-state index contributed by atoms with van der Waals surface area (Å²) in [7, 11) is 0. The molecule has 0 saturated heterocycles. The molecular weight excluding hydrogens is 398 g/mol. The van der Waals surface area contributed by atoms with E-state index < -0.39 is 23.3 Å². The molecule has 3 aromatic rings. The Kier molecular flexibility index (Phi) is 5.76. The second kappa shape index (κ2) is 8.07. The van der Waals surface area contributed by atoms with Crippen molar-refractivity contribution in [2.75, 3.05) is 0 Å². The van der Waals surface area contributed by atoms with E-state index >= 15 is 0 Å². The first kappa shape index (κ1) is 20.0. The number of benzene rings is 2. The highest BCUT2D eigenvalue weighted by molar-refractivity contribution is 7.78. The van der Waals surface area contributed by atoms with E-state index in [4.69, 9.17) is 4.55 Å². The van der Waals surface area contributed by atoms with Gasteiger partial charge in [-0.2, -0.15) is 0 Å². The van der Waals surface area contributed by atoms with Crippen LogP contribution in [-0.2, 0) is 16.8 Å². The second-order valence-electron chi connectivity index (χ2n) is 5.74. The third kappa shape index (κ3) is 4.93. The van der Waals surface area contributed by atoms with Crippen molar-refractivity contribution in [2.24, 2.45) is 0 Å². The Labute approximate surface area is 160 Å². The van der Waals surface area contributed by atoms with E-state index in [9.17, 15) is 21.8 Å². The Hall–Kier alpha value is -2.78. The van der Waals surface area contributed by atoms with Gasteiger partial charge in [0.25, 0.3) is 0 Å². The number of hydrogen-bond acceptors (Lipinski definition) is 3. The van der Waals surface area contributed by atoms with Crippen molar-refractivity contribution in [3.8, 4) is 28.1 Å². The third-order valence-electron chi connectivity index (χ3n) is 3.81. The summed E-state index contributed by atoms with van der Waals surface area (Å²) in [5.74, 6) is -1.33. The Morgan fingerprint density at radius 2 is 1.71 bits per heavy atom. The van der Waals surface area contributed by atoms with Gasteiger partial charge in [0.15, 0.2) is 11.1 Å². The van der Waals surface area contributed by atoms with Crippen LogP contribution in [0.15, 0.2) is 60.8 Å². The Morgan fingerprint density at radius 1 is 1.04 bits per heavy atom. The van der Waals surface area contributed by atoms with Crippen LogP contribution >= 0.6 is 0 Å². The van der Waals surface area contributed by atoms with E-state index in [2.05, 4.69) is 9.72 Å². The fraction of sp³-hybridized carbons (Fsp3) is 0.105. The molecule has 0 radical (unpaired) electrons. The molecule has 1 aromatic heterocycles. The molecule has 0 amide bonds. The molecule has 0 saturated carbocycles. The van der Waals surface area contributed by atoms with Gasteiger partial charge in [-0.15, -0.1) is 13.2 Å². The number of aromatic nitrogens is 1. The molecule has 0 spiro atoms. The molecule has 0 bridgehead atoms. The van der Waals surface area contributed by atoms with Crippen molar-refractivity contribution in [1.82, 2.24) is 4.98 Å². The van der Waals surface area contributed by atoms with Gasteiger partial charge >= 0.3 is 6.36 Å². The van der Waals surface area contributed by atoms with Crippen LogP contribution in [0.3, 0.4) is 0 Å². The molecule has 28 heavy (non-hydrogen) atoms.